The van der Waals surface area contributed by atoms with Crippen molar-refractivity contribution < 1.29 is 18.3 Å². The quantitative estimate of drug-likeness (QED) is 0.697. The van der Waals surface area contributed by atoms with Gasteiger partial charge in [0.1, 0.15) is 6.10 Å². The number of benzene rings is 1. The molecule has 3 aliphatic carbocycles. The van der Waals surface area contributed by atoms with E-state index in [1.54, 1.807) is 24.3 Å². The normalized spacial score (nSPS) is 22.5. The standard InChI is InChI=1S/C22H28N2O4S/c1-16-4-6-19(7-5-16)29(27,28)24-11-8-18(9-12-24)23-21(26)20(25)15-22-10-2-3-17(13-22)14-22/h2,4-7,18,20,25H,8-15H2,1H3,(H,23,26). The van der Waals surface area contributed by atoms with Crippen LogP contribution in [0.3, 0.4) is 0 Å². The average Bonchev–Trinajstić information content (AvgIpc) is 2.68. The van der Waals surface area contributed by atoms with Gasteiger partial charge in [0.2, 0.25) is 15.9 Å². The zero-order valence-electron chi connectivity index (χ0n) is 16.7. The molecular formula is C22H28N2O4S. The van der Waals surface area contributed by atoms with Crippen LogP contribution >= 0.6 is 0 Å². The molecule has 2 fully saturated rings. The zero-order chi connectivity index (χ0) is 20.6. The molecule has 0 spiro atoms. The van der Waals surface area contributed by atoms with E-state index in [0.717, 1.165) is 24.8 Å². The lowest BCUT2D eigenvalue weighted by Gasteiger charge is -2.45. The van der Waals surface area contributed by atoms with Crippen molar-refractivity contribution in [2.45, 2.75) is 62.5 Å². The van der Waals surface area contributed by atoms with Crippen LogP contribution in [0.1, 0.15) is 44.1 Å². The highest BCUT2D eigenvalue weighted by Crippen LogP contribution is 2.53. The second-order valence-electron chi connectivity index (χ2n) is 8.73. The van der Waals surface area contributed by atoms with Gasteiger partial charge in [0, 0.05) is 19.1 Å². The second-order valence-corrected chi connectivity index (χ2v) is 10.7. The molecule has 1 aliphatic heterocycles. The molecule has 2 N–H and O–H groups in total. The number of amides is 1. The van der Waals surface area contributed by atoms with Crippen molar-refractivity contribution in [2.24, 2.45) is 5.41 Å². The number of aliphatic hydroxyl groups is 1. The first-order valence-corrected chi connectivity index (χ1v) is 11.7. The molecule has 6 nitrogen and oxygen atoms in total. The van der Waals surface area contributed by atoms with Gasteiger partial charge in [0.25, 0.3) is 0 Å². The maximum absolute atomic E-state index is 12.8. The van der Waals surface area contributed by atoms with Crippen molar-refractivity contribution >= 4 is 15.9 Å². The molecule has 1 saturated carbocycles. The number of nitrogens with one attached hydrogen (secondary N) is 1. The molecule has 156 valence electrons. The number of sulfonamides is 1. The Morgan fingerprint density at radius 2 is 1.93 bits per heavy atom. The van der Waals surface area contributed by atoms with Crippen molar-refractivity contribution in [2.75, 3.05) is 13.1 Å². The van der Waals surface area contributed by atoms with Gasteiger partial charge in [-0.05, 0) is 74.6 Å². The minimum absolute atomic E-state index is 0.0306. The molecule has 1 atom stereocenters. The van der Waals surface area contributed by atoms with Gasteiger partial charge in [-0.15, -0.1) is 5.73 Å². The summed E-state index contributed by atoms with van der Waals surface area (Å²) in [5.74, 6) is -0.341. The lowest BCUT2D eigenvalue weighted by Crippen LogP contribution is -2.50. The molecule has 7 heteroatoms. The highest BCUT2D eigenvalue weighted by Gasteiger charge is 2.44. The summed E-state index contributed by atoms with van der Waals surface area (Å²) < 4.78 is 27.0. The number of hydrogen-bond donors (Lipinski definition) is 2. The van der Waals surface area contributed by atoms with E-state index in [-0.39, 0.29) is 17.4 Å². The molecule has 0 aromatic heterocycles. The highest BCUT2D eigenvalue weighted by molar-refractivity contribution is 7.89. The number of piperidine rings is 1. The maximum Gasteiger partial charge on any atom is 0.249 e. The van der Waals surface area contributed by atoms with E-state index in [9.17, 15) is 18.3 Å². The topological polar surface area (TPSA) is 86.7 Å². The summed E-state index contributed by atoms with van der Waals surface area (Å²) in [7, 11) is -3.51. The van der Waals surface area contributed by atoms with Crippen molar-refractivity contribution in [3.63, 3.8) is 0 Å². The summed E-state index contributed by atoms with van der Waals surface area (Å²) in [6.45, 7) is 2.64. The number of nitrogens with zero attached hydrogens (tertiary/aromatic N) is 1. The van der Waals surface area contributed by atoms with Crippen LogP contribution in [-0.2, 0) is 14.8 Å². The van der Waals surface area contributed by atoms with E-state index in [0.29, 0.717) is 37.2 Å². The van der Waals surface area contributed by atoms with Gasteiger partial charge in [-0.1, -0.05) is 17.7 Å². The Balaban J connectivity index is 1.28. The monoisotopic (exact) mass is 416 g/mol. The summed E-state index contributed by atoms with van der Waals surface area (Å²) in [6, 6.07) is 6.75. The predicted octanol–water partition coefficient (Wildman–Crippen LogP) is 2.28. The molecule has 29 heavy (non-hydrogen) atoms. The average molecular weight is 417 g/mol. The third-order valence-corrected chi connectivity index (χ3v) is 8.32. The fourth-order valence-corrected chi connectivity index (χ4v) is 6.11. The molecule has 0 radical (unpaired) electrons. The van der Waals surface area contributed by atoms with E-state index < -0.39 is 16.1 Å². The fraction of sp³-hybridized carbons (Fsp3) is 0.545. The van der Waals surface area contributed by atoms with Crippen molar-refractivity contribution in [3.8, 4) is 0 Å². The fourth-order valence-electron chi connectivity index (χ4n) is 4.64. The molecule has 1 unspecified atom stereocenters. The number of rotatable bonds is 6. The molecule has 1 aromatic carbocycles. The summed E-state index contributed by atoms with van der Waals surface area (Å²) in [6.07, 6.45) is 5.30. The van der Waals surface area contributed by atoms with Crippen LogP contribution in [0.2, 0.25) is 0 Å². The van der Waals surface area contributed by atoms with Gasteiger partial charge in [0.05, 0.1) is 4.90 Å². The van der Waals surface area contributed by atoms with Crippen molar-refractivity contribution in [3.05, 3.63) is 47.2 Å². The van der Waals surface area contributed by atoms with Gasteiger partial charge in [0.15, 0.2) is 0 Å². The summed E-state index contributed by atoms with van der Waals surface area (Å²) in [5.41, 5.74) is 5.56. The van der Waals surface area contributed by atoms with Crippen LogP contribution in [0.25, 0.3) is 0 Å². The number of hydrogen-bond acceptors (Lipinski definition) is 4. The van der Waals surface area contributed by atoms with Gasteiger partial charge in [-0.3, -0.25) is 4.79 Å². The number of aryl methyl sites for hydroxylation is 1. The number of fused-ring (bicyclic) bond motifs is 1. The minimum atomic E-state index is -3.51. The van der Waals surface area contributed by atoms with E-state index in [1.807, 2.05) is 13.0 Å². The van der Waals surface area contributed by atoms with E-state index in [2.05, 4.69) is 11.0 Å². The van der Waals surface area contributed by atoms with E-state index in [4.69, 9.17) is 0 Å². The number of aliphatic hydroxyl groups excluding tert-OH is 1. The highest BCUT2D eigenvalue weighted by atomic mass is 32.2. The van der Waals surface area contributed by atoms with Crippen molar-refractivity contribution in [1.29, 1.82) is 0 Å². The Hall–Kier alpha value is -1.92. The number of carbonyl (C=O) groups excluding carboxylic acids is 1. The molecule has 4 aliphatic rings. The molecule has 1 heterocycles. The van der Waals surface area contributed by atoms with Crippen LogP contribution < -0.4 is 5.32 Å². The second kappa shape index (κ2) is 7.73. The smallest absolute Gasteiger partial charge is 0.249 e. The Morgan fingerprint density at radius 1 is 1.28 bits per heavy atom. The third kappa shape index (κ3) is 4.19. The molecule has 1 aromatic rings. The van der Waals surface area contributed by atoms with Gasteiger partial charge in [-0.25, -0.2) is 8.42 Å². The Bertz CT molecular complexity index is 940. The van der Waals surface area contributed by atoms with E-state index >= 15 is 0 Å². The largest absolute Gasteiger partial charge is 0.383 e. The third-order valence-electron chi connectivity index (χ3n) is 6.41. The summed E-state index contributed by atoms with van der Waals surface area (Å²) in [4.78, 5) is 12.8. The maximum atomic E-state index is 12.8. The Kier molecular flexibility index (Phi) is 5.42. The number of carbonyl (C=O) groups is 1. The van der Waals surface area contributed by atoms with Gasteiger partial charge >= 0.3 is 0 Å². The zero-order valence-corrected chi connectivity index (χ0v) is 17.5. The summed E-state index contributed by atoms with van der Waals surface area (Å²) in [5, 5.41) is 13.3. The Morgan fingerprint density at radius 3 is 2.52 bits per heavy atom. The van der Waals surface area contributed by atoms with Gasteiger partial charge in [-0.2, -0.15) is 4.31 Å². The molecule has 2 bridgehead atoms. The molecule has 1 saturated heterocycles. The van der Waals surface area contributed by atoms with Crippen LogP contribution in [0.15, 0.2) is 46.5 Å². The number of allylic oxidation sites excluding steroid dienone is 1. The van der Waals surface area contributed by atoms with E-state index in [1.165, 1.54) is 9.88 Å². The van der Waals surface area contributed by atoms with Crippen molar-refractivity contribution in [1.82, 2.24) is 9.62 Å². The lowest BCUT2D eigenvalue weighted by molar-refractivity contribution is -0.132. The minimum Gasteiger partial charge on any atom is -0.383 e. The molecule has 1 amide bonds. The molecule has 5 rings (SSSR count). The molecular weight excluding hydrogens is 388 g/mol. The van der Waals surface area contributed by atoms with Crippen LogP contribution in [0.5, 0.6) is 0 Å². The van der Waals surface area contributed by atoms with Gasteiger partial charge < -0.3 is 10.4 Å². The lowest BCUT2D eigenvalue weighted by atomic mass is 9.59. The first kappa shape index (κ1) is 20.4. The van der Waals surface area contributed by atoms with Crippen LogP contribution in [-0.4, -0.2) is 49.0 Å². The summed E-state index contributed by atoms with van der Waals surface area (Å²) >= 11 is 0. The Labute approximate surface area is 172 Å². The first-order valence-electron chi connectivity index (χ1n) is 10.3. The first-order chi connectivity index (χ1) is 13.8. The van der Waals surface area contributed by atoms with Crippen LogP contribution in [0, 0.1) is 12.3 Å². The predicted molar refractivity (Wildman–Crippen MR) is 110 cm³/mol. The SMILES string of the molecule is Cc1ccc(S(=O)(=O)N2CCC(NC(=O)C(O)CC34CC=C=C(C3)C4)CC2)cc1. The van der Waals surface area contributed by atoms with Crippen LogP contribution in [0.4, 0.5) is 0 Å².